The number of rotatable bonds is 6. The first-order valence-electron chi connectivity index (χ1n) is 8.53. The summed E-state index contributed by atoms with van der Waals surface area (Å²) in [6, 6.07) is 8.20. The quantitative estimate of drug-likeness (QED) is 0.693. The van der Waals surface area contributed by atoms with Crippen molar-refractivity contribution >= 4 is 21.9 Å². The molecule has 0 unspecified atom stereocenters. The van der Waals surface area contributed by atoms with Crippen molar-refractivity contribution in [3.8, 4) is 6.07 Å². The van der Waals surface area contributed by atoms with E-state index in [0.29, 0.717) is 11.9 Å². The minimum Gasteiger partial charge on any atom is -0.338 e. The Bertz CT molecular complexity index is 1010. The minimum absolute atomic E-state index is 0.0380. The van der Waals surface area contributed by atoms with Crippen LogP contribution in [-0.4, -0.2) is 39.4 Å². The SMILES string of the molecule is Cc1ccc2c(c1)c(=O)c1c(cnn1C)n2CCCN(C)CCC#N. The van der Waals surface area contributed by atoms with Gasteiger partial charge in [-0.05, 0) is 39.1 Å². The van der Waals surface area contributed by atoms with Gasteiger partial charge in [-0.25, -0.2) is 0 Å². The molecule has 0 aliphatic carbocycles. The van der Waals surface area contributed by atoms with Crippen molar-refractivity contribution in [3.05, 3.63) is 40.2 Å². The van der Waals surface area contributed by atoms with Crippen LogP contribution in [-0.2, 0) is 13.6 Å². The Kier molecular flexibility index (Phi) is 4.86. The normalized spacial score (nSPS) is 11.5. The highest BCUT2D eigenvalue weighted by Gasteiger charge is 2.14. The Morgan fingerprint density at radius 3 is 2.84 bits per heavy atom. The lowest BCUT2D eigenvalue weighted by Crippen LogP contribution is -2.22. The zero-order valence-corrected chi connectivity index (χ0v) is 15.0. The third-order valence-corrected chi connectivity index (χ3v) is 4.64. The average molecular weight is 337 g/mol. The first-order chi connectivity index (χ1) is 12.0. The fourth-order valence-electron chi connectivity index (χ4n) is 3.30. The number of aryl methyl sites for hydroxylation is 3. The molecule has 0 radical (unpaired) electrons. The number of hydrogen-bond donors (Lipinski definition) is 0. The highest BCUT2D eigenvalue weighted by Crippen LogP contribution is 2.20. The molecule has 3 rings (SSSR count). The molecule has 0 aliphatic rings. The lowest BCUT2D eigenvalue weighted by molar-refractivity contribution is 0.330. The smallest absolute Gasteiger partial charge is 0.215 e. The molecule has 0 amide bonds. The Morgan fingerprint density at radius 2 is 2.08 bits per heavy atom. The van der Waals surface area contributed by atoms with Crippen molar-refractivity contribution in [2.45, 2.75) is 26.3 Å². The maximum absolute atomic E-state index is 12.9. The molecule has 130 valence electrons. The molecule has 2 aromatic heterocycles. The van der Waals surface area contributed by atoms with Gasteiger partial charge < -0.3 is 9.47 Å². The second-order valence-electron chi connectivity index (χ2n) is 6.57. The van der Waals surface area contributed by atoms with Gasteiger partial charge in [0.15, 0.2) is 0 Å². The van der Waals surface area contributed by atoms with Crippen LogP contribution in [0.2, 0.25) is 0 Å². The van der Waals surface area contributed by atoms with E-state index in [9.17, 15) is 4.79 Å². The average Bonchev–Trinajstić information content (AvgIpc) is 2.98. The lowest BCUT2D eigenvalue weighted by atomic mass is 10.1. The van der Waals surface area contributed by atoms with E-state index in [2.05, 4.69) is 20.6 Å². The first kappa shape index (κ1) is 17.2. The highest BCUT2D eigenvalue weighted by atomic mass is 16.1. The summed E-state index contributed by atoms with van der Waals surface area (Å²) < 4.78 is 3.85. The van der Waals surface area contributed by atoms with E-state index in [1.807, 2.05) is 39.2 Å². The topological polar surface area (TPSA) is 66.8 Å². The van der Waals surface area contributed by atoms with Crippen LogP contribution in [0.3, 0.4) is 0 Å². The van der Waals surface area contributed by atoms with E-state index < -0.39 is 0 Å². The van der Waals surface area contributed by atoms with Gasteiger partial charge in [0.1, 0.15) is 5.52 Å². The first-order valence-corrected chi connectivity index (χ1v) is 8.53. The molecule has 0 saturated carbocycles. The van der Waals surface area contributed by atoms with Gasteiger partial charge in [-0.2, -0.15) is 10.4 Å². The highest BCUT2D eigenvalue weighted by molar-refractivity contribution is 5.92. The Labute approximate surface area is 146 Å². The molecule has 0 bridgehead atoms. The van der Waals surface area contributed by atoms with Crippen molar-refractivity contribution in [1.82, 2.24) is 19.2 Å². The number of benzene rings is 1. The summed E-state index contributed by atoms with van der Waals surface area (Å²) in [5, 5.41) is 13.7. The molecule has 3 aromatic rings. The van der Waals surface area contributed by atoms with Gasteiger partial charge in [-0.3, -0.25) is 9.48 Å². The van der Waals surface area contributed by atoms with Crippen LogP contribution >= 0.6 is 0 Å². The van der Waals surface area contributed by atoms with E-state index in [0.717, 1.165) is 48.0 Å². The molecule has 0 fully saturated rings. The second-order valence-corrected chi connectivity index (χ2v) is 6.57. The number of pyridine rings is 1. The Balaban J connectivity index is 1.99. The molecular formula is C19H23N5O. The second kappa shape index (κ2) is 7.08. The van der Waals surface area contributed by atoms with Crippen LogP contribution < -0.4 is 5.43 Å². The van der Waals surface area contributed by atoms with Crippen LogP contribution in [0.1, 0.15) is 18.4 Å². The standard InChI is InChI=1S/C19H23N5O/c1-14-6-7-16-15(12-14)19(25)18-17(13-21-23(18)3)24(16)11-5-10-22(2)9-4-8-20/h6-7,12-13H,4-5,9-11H2,1-3H3. The lowest BCUT2D eigenvalue weighted by Gasteiger charge is -2.17. The summed E-state index contributed by atoms with van der Waals surface area (Å²) >= 11 is 0. The largest absolute Gasteiger partial charge is 0.338 e. The molecular weight excluding hydrogens is 314 g/mol. The molecule has 0 atom stereocenters. The number of hydrogen-bond acceptors (Lipinski definition) is 4. The summed E-state index contributed by atoms with van der Waals surface area (Å²) in [6.07, 6.45) is 3.26. The van der Waals surface area contributed by atoms with Crippen LogP contribution in [0.5, 0.6) is 0 Å². The van der Waals surface area contributed by atoms with Crippen molar-refractivity contribution < 1.29 is 0 Å². The molecule has 0 aliphatic heterocycles. The van der Waals surface area contributed by atoms with E-state index in [4.69, 9.17) is 5.26 Å². The van der Waals surface area contributed by atoms with Crippen molar-refractivity contribution in [2.24, 2.45) is 7.05 Å². The third-order valence-electron chi connectivity index (χ3n) is 4.64. The van der Waals surface area contributed by atoms with Gasteiger partial charge in [-0.1, -0.05) is 11.6 Å². The third kappa shape index (κ3) is 3.28. The van der Waals surface area contributed by atoms with E-state index in [-0.39, 0.29) is 5.43 Å². The van der Waals surface area contributed by atoms with Gasteiger partial charge in [0.05, 0.1) is 23.3 Å². The number of fused-ring (bicyclic) bond motifs is 2. The van der Waals surface area contributed by atoms with Crippen molar-refractivity contribution in [3.63, 3.8) is 0 Å². The van der Waals surface area contributed by atoms with Crippen LogP contribution in [0.15, 0.2) is 29.2 Å². The van der Waals surface area contributed by atoms with Crippen molar-refractivity contribution in [1.29, 1.82) is 5.26 Å². The summed E-state index contributed by atoms with van der Waals surface area (Å²) in [5.74, 6) is 0. The fraction of sp³-hybridized carbons (Fsp3) is 0.421. The summed E-state index contributed by atoms with van der Waals surface area (Å²) in [7, 11) is 3.84. The molecule has 0 spiro atoms. The van der Waals surface area contributed by atoms with E-state index in [1.165, 1.54) is 0 Å². The minimum atomic E-state index is 0.0380. The summed E-state index contributed by atoms with van der Waals surface area (Å²) in [6.45, 7) is 4.49. The van der Waals surface area contributed by atoms with E-state index in [1.54, 1.807) is 10.9 Å². The fourth-order valence-corrected chi connectivity index (χ4v) is 3.30. The molecule has 1 aromatic carbocycles. The Hall–Kier alpha value is -2.65. The molecule has 25 heavy (non-hydrogen) atoms. The van der Waals surface area contributed by atoms with Crippen LogP contribution in [0.25, 0.3) is 21.9 Å². The summed E-state index contributed by atoms with van der Waals surface area (Å²) in [4.78, 5) is 15.0. The predicted molar refractivity (Wildman–Crippen MR) is 99.6 cm³/mol. The van der Waals surface area contributed by atoms with Gasteiger partial charge in [0.2, 0.25) is 5.43 Å². The zero-order valence-electron chi connectivity index (χ0n) is 15.0. The van der Waals surface area contributed by atoms with Gasteiger partial charge in [-0.15, -0.1) is 0 Å². The molecule has 0 saturated heterocycles. The number of nitriles is 1. The zero-order chi connectivity index (χ0) is 18.0. The maximum atomic E-state index is 12.9. The predicted octanol–water partition coefficient (Wildman–Crippen LogP) is 2.43. The van der Waals surface area contributed by atoms with Gasteiger partial charge in [0.25, 0.3) is 0 Å². The van der Waals surface area contributed by atoms with Gasteiger partial charge >= 0.3 is 0 Å². The number of aromatic nitrogens is 3. The molecule has 2 heterocycles. The van der Waals surface area contributed by atoms with Gasteiger partial charge in [0, 0.05) is 31.9 Å². The molecule has 0 N–H and O–H groups in total. The maximum Gasteiger partial charge on any atom is 0.215 e. The van der Waals surface area contributed by atoms with E-state index >= 15 is 0 Å². The summed E-state index contributed by atoms with van der Waals surface area (Å²) in [5.41, 5.74) is 3.60. The molecule has 6 nitrogen and oxygen atoms in total. The molecule has 6 heteroatoms. The van der Waals surface area contributed by atoms with Crippen LogP contribution in [0, 0.1) is 18.3 Å². The van der Waals surface area contributed by atoms with Crippen LogP contribution in [0.4, 0.5) is 0 Å². The van der Waals surface area contributed by atoms with Crippen molar-refractivity contribution in [2.75, 3.05) is 20.1 Å². The number of nitrogens with zero attached hydrogens (tertiary/aromatic N) is 5. The monoisotopic (exact) mass is 337 g/mol. The Morgan fingerprint density at radius 1 is 1.28 bits per heavy atom.